The molecule has 0 bridgehead atoms. The molecular weight excluding hydrogens is 392 g/mol. The van der Waals surface area contributed by atoms with Gasteiger partial charge in [0.25, 0.3) is 5.89 Å². The predicted octanol–water partition coefficient (Wildman–Crippen LogP) is 2.47. The number of nitrogens with zero attached hydrogens (tertiary/aromatic N) is 5. The highest BCUT2D eigenvalue weighted by atomic mass is 32.1. The monoisotopic (exact) mass is 414 g/mol. The fourth-order valence-corrected chi connectivity index (χ4v) is 4.06. The molecular formula is C19H22N6O3S. The first-order chi connectivity index (χ1) is 14.1. The summed E-state index contributed by atoms with van der Waals surface area (Å²) in [6.45, 7) is 3.57. The highest BCUT2D eigenvalue weighted by Gasteiger charge is 2.42. The molecule has 4 heterocycles. The van der Waals surface area contributed by atoms with Crippen LogP contribution in [0.2, 0.25) is 0 Å². The molecule has 29 heavy (non-hydrogen) atoms. The molecule has 1 aliphatic heterocycles. The number of methoxy groups -OCH3 is 1. The molecule has 4 rings (SSSR count). The number of carbonyl (C=O) groups excluding carboxylic acids is 1. The van der Waals surface area contributed by atoms with Crippen LogP contribution in [0.15, 0.2) is 34.3 Å². The fraction of sp³-hybridized carbons (Fsp3) is 0.421. The number of carbonyl (C=O) groups is 1. The van der Waals surface area contributed by atoms with Crippen LogP contribution in [0.4, 0.5) is 5.13 Å². The molecule has 0 saturated carbocycles. The Morgan fingerprint density at radius 3 is 2.83 bits per heavy atom. The lowest BCUT2D eigenvalue weighted by Gasteiger charge is -2.37. The Labute approximate surface area is 172 Å². The van der Waals surface area contributed by atoms with Gasteiger partial charge in [0.2, 0.25) is 11.7 Å². The van der Waals surface area contributed by atoms with Crippen LogP contribution in [0, 0.1) is 6.92 Å². The van der Waals surface area contributed by atoms with Gasteiger partial charge in [0.1, 0.15) is 11.3 Å². The molecule has 9 nitrogen and oxygen atoms in total. The number of ether oxygens (including phenoxy) is 1. The smallest absolute Gasteiger partial charge is 0.259 e. The topological polar surface area (TPSA) is 106 Å². The summed E-state index contributed by atoms with van der Waals surface area (Å²) in [6, 6.07) is 5.54. The minimum absolute atomic E-state index is 0.0699. The molecule has 0 spiro atoms. The van der Waals surface area contributed by atoms with E-state index in [4.69, 9.17) is 9.26 Å². The first-order valence-electron chi connectivity index (χ1n) is 9.33. The van der Waals surface area contributed by atoms with Gasteiger partial charge in [0, 0.05) is 31.8 Å². The molecule has 3 aromatic heterocycles. The van der Waals surface area contributed by atoms with Crippen molar-refractivity contribution in [1.29, 1.82) is 0 Å². The van der Waals surface area contributed by atoms with Gasteiger partial charge in [-0.3, -0.25) is 14.7 Å². The number of hydrogen-bond acceptors (Lipinski definition) is 9. The summed E-state index contributed by atoms with van der Waals surface area (Å²) in [4.78, 5) is 27.4. The number of pyridine rings is 1. The summed E-state index contributed by atoms with van der Waals surface area (Å²) in [5.74, 6) is 0.820. The predicted molar refractivity (Wildman–Crippen MR) is 107 cm³/mol. The van der Waals surface area contributed by atoms with E-state index in [2.05, 4.69) is 30.3 Å². The zero-order chi connectivity index (χ0) is 20.3. The molecule has 152 valence electrons. The van der Waals surface area contributed by atoms with Crippen molar-refractivity contribution >= 4 is 22.4 Å². The van der Waals surface area contributed by atoms with Crippen LogP contribution in [-0.4, -0.2) is 57.7 Å². The SMILES string of the molecule is COC1(c2nc(-c3ccccn3)no2)CCN(CC(=O)Nc2nc(C)cs2)CC1. The van der Waals surface area contributed by atoms with Crippen molar-refractivity contribution in [2.45, 2.75) is 25.4 Å². The minimum Gasteiger partial charge on any atom is -0.368 e. The molecule has 0 aromatic carbocycles. The molecule has 0 radical (unpaired) electrons. The van der Waals surface area contributed by atoms with Crippen molar-refractivity contribution in [3.8, 4) is 11.5 Å². The molecule has 1 saturated heterocycles. The number of likely N-dealkylation sites (tertiary alicyclic amines) is 1. The van der Waals surface area contributed by atoms with E-state index in [1.807, 2.05) is 30.5 Å². The maximum atomic E-state index is 12.3. The van der Waals surface area contributed by atoms with Crippen molar-refractivity contribution in [2.75, 3.05) is 32.1 Å². The molecule has 0 atom stereocenters. The van der Waals surface area contributed by atoms with Crippen LogP contribution in [0.25, 0.3) is 11.5 Å². The number of piperidine rings is 1. The summed E-state index contributed by atoms with van der Waals surface area (Å²) < 4.78 is 11.3. The lowest BCUT2D eigenvalue weighted by molar-refractivity contribution is -0.120. The van der Waals surface area contributed by atoms with Gasteiger partial charge in [-0.15, -0.1) is 11.3 Å². The average Bonchev–Trinajstić information content (AvgIpc) is 3.39. The third kappa shape index (κ3) is 4.34. The molecule has 1 N–H and O–H groups in total. The van der Waals surface area contributed by atoms with Crippen molar-refractivity contribution < 1.29 is 14.1 Å². The number of aryl methyl sites for hydroxylation is 1. The number of anilines is 1. The first-order valence-corrected chi connectivity index (χ1v) is 10.2. The Kier molecular flexibility index (Phi) is 5.65. The van der Waals surface area contributed by atoms with E-state index in [9.17, 15) is 4.79 Å². The maximum absolute atomic E-state index is 12.3. The van der Waals surface area contributed by atoms with Gasteiger partial charge >= 0.3 is 0 Å². The summed E-state index contributed by atoms with van der Waals surface area (Å²) in [7, 11) is 1.65. The molecule has 3 aromatic rings. The quantitative estimate of drug-likeness (QED) is 0.656. The molecule has 0 aliphatic carbocycles. The Bertz CT molecular complexity index is 965. The van der Waals surface area contributed by atoms with Gasteiger partial charge in [0.05, 0.1) is 12.2 Å². The van der Waals surface area contributed by atoms with E-state index in [-0.39, 0.29) is 5.91 Å². The van der Waals surface area contributed by atoms with E-state index in [0.29, 0.717) is 55.0 Å². The number of thiazole rings is 1. The number of rotatable bonds is 6. The Morgan fingerprint density at radius 2 is 2.17 bits per heavy atom. The van der Waals surface area contributed by atoms with Crippen LogP contribution in [-0.2, 0) is 15.1 Å². The molecule has 1 fully saturated rings. The third-order valence-corrected chi connectivity index (χ3v) is 5.87. The number of nitrogens with one attached hydrogen (secondary N) is 1. The lowest BCUT2D eigenvalue weighted by Crippen LogP contribution is -2.46. The Balaban J connectivity index is 1.38. The molecule has 1 aliphatic rings. The van der Waals surface area contributed by atoms with E-state index in [1.165, 1.54) is 11.3 Å². The third-order valence-electron chi connectivity index (χ3n) is 5.00. The van der Waals surface area contributed by atoms with Crippen molar-refractivity contribution in [3.05, 3.63) is 41.4 Å². The highest BCUT2D eigenvalue weighted by Crippen LogP contribution is 2.36. The number of hydrogen-bond donors (Lipinski definition) is 1. The standard InChI is InChI=1S/C19H22N6O3S/c1-13-12-29-18(21-13)22-15(26)11-25-9-6-19(27-2,7-10-25)17-23-16(24-28-17)14-5-3-4-8-20-14/h3-5,8,12H,6-7,9-11H2,1-2H3,(H,21,22,26). The van der Waals surface area contributed by atoms with Crippen LogP contribution < -0.4 is 5.32 Å². The lowest BCUT2D eigenvalue weighted by atomic mass is 9.91. The zero-order valence-electron chi connectivity index (χ0n) is 16.3. The van der Waals surface area contributed by atoms with E-state index < -0.39 is 5.60 Å². The second kappa shape index (κ2) is 8.36. The maximum Gasteiger partial charge on any atom is 0.259 e. The van der Waals surface area contributed by atoms with E-state index in [1.54, 1.807) is 13.3 Å². The summed E-state index contributed by atoms with van der Waals surface area (Å²) in [5, 5.41) is 9.44. The largest absolute Gasteiger partial charge is 0.368 e. The average molecular weight is 414 g/mol. The summed E-state index contributed by atoms with van der Waals surface area (Å²) in [5.41, 5.74) is 0.900. The summed E-state index contributed by atoms with van der Waals surface area (Å²) >= 11 is 1.43. The Morgan fingerprint density at radius 1 is 1.34 bits per heavy atom. The van der Waals surface area contributed by atoms with Gasteiger partial charge in [-0.05, 0) is 31.9 Å². The Hall–Kier alpha value is -2.69. The van der Waals surface area contributed by atoms with Crippen molar-refractivity contribution in [2.24, 2.45) is 0 Å². The van der Waals surface area contributed by atoms with Crippen LogP contribution >= 0.6 is 11.3 Å². The number of aromatic nitrogens is 4. The van der Waals surface area contributed by atoms with Crippen LogP contribution in [0.3, 0.4) is 0 Å². The molecule has 1 amide bonds. The normalized spacial score (nSPS) is 16.6. The van der Waals surface area contributed by atoms with Crippen LogP contribution in [0.5, 0.6) is 0 Å². The zero-order valence-corrected chi connectivity index (χ0v) is 17.1. The highest BCUT2D eigenvalue weighted by molar-refractivity contribution is 7.13. The van der Waals surface area contributed by atoms with Crippen LogP contribution in [0.1, 0.15) is 24.4 Å². The van der Waals surface area contributed by atoms with E-state index in [0.717, 1.165) is 5.69 Å². The van der Waals surface area contributed by atoms with E-state index >= 15 is 0 Å². The van der Waals surface area contributed by atoms with Gasteiger partial charge in [-0.1, -0.05) is 11.2 Å². The second-order valence-corrected chi connectivity index (χ2v) is 7.81. The fourth-order valence-electron chi connectivity index (χ4n) is 3.36. The number of amides is 1. The second-order valence-electron chi connectivity index (χ2n) is 6.95. The molecule has 10 heteroatoms. The van der Waals surface area contributed by atoms with Gasteiger partial charge in [-0.25, -0.2) is 4.98 Å². The minimum atomic E-state index is -0.653. The summed E-state index contributed by atoms with van der Waals surface area (Å²) in [6.07, 6.45) is 2.99. The molecule has 0 unspecified atom stereocenters. The van der Waals surface area contributed by atoms with Crippen molar-refractivity contribution in [3.63, 3.8) is 0 Å². The first kappa shape index (κ1) is 19.6. The van der Waals surface area contributed by atoms with Gasteiger partial charge < -0.3 is 14.6 Å². The van der Waals surface area contributed by atoms with Gasteiger partial charge in [0.15, 0.2) is 5.13 Å². The van der Waals surface area contributed by atoms with Crippen molar-refractivity contribution in [1.82, 2.24) is 25.0 Å². The van der Waals surface area contributed by atoms with Gasteiger partial charge in [-0.2, -0.15) is 4.98 Å².